The van der Waals surface area contributed by atoms with Crippen LogP contribution in [0.25, 0.3) is 11.1 Å². The number of carbonyl (C=O) groups excluding carboxylic acids is 1. The molecule has 4 rings (SSSR count). The normalized spacial score (nSPS) is 16.1. The van der Waals surface area contributed by atoms with Crippen LogP contribution < -0.4 is 0 Å². The van der Waals surface area contributed by atoms with Gasteiger partial charge in [-0.25, -0.2) is 9.18 Å². The fourth-order valence-corrected chi connectivity index (χ4v) is 4.72. The summed E-state index contributed by atoms with van der Waals surface area (Å²) in [5.74, 6) is -0.245. The summed E-state index contributed by atoms with van der Waals surface area (Å²) in [4.78, 5) is 14.2. The van der Waals surface area contributed by atoms with Crippen molar-refractivity contribution < 1.29 is 27.1 Å². The van der Waals surface area contributed by atoms with Crippen molar-refractivity contribution >= 4 is 6.09 Å². The molecule has 36 heavy (non-hydrogen) atoms. The first-order valence-corrected chi connectivity index (χ1v) is 11.9. The van der Waals surface area contributed by atoms with Gasteiger partial charge < -0.3 is 4.74 Å². The lowest BCUT2D eigenvalue weighted by Crippen LogP contribution is -2.24. The summed E-state index contributed by atoms with van der Waals surface area (Å²) in [6.45, 7) is 9.60. The Morgan fingerprint density at radius 2 is 1.69 bits per heavy atom. The van der Waals surface area contributed by atoms with Gasteiger partial charge in [0.1, 0.15) is 11.9 Å². The van der Waals surface area contributed by atoms with Crippen LogP contribution in [-0.2, 0) is 17.5 Å². The lowest BCUT2D eigenvalue weighted by Gasteiger charge is -2.20. The fraction of sp³-hybridized carbons (Fsp3) is 0.345. The summed E-state index contributed by atoms with van der Waals surface area (Å²) in [6.07, 6.45) is -5.87. The Morgan fingerprint density at radius 1 is 0.972 bits per heavy atom. The molecule has 1 heterocycles. The van der Waals surface area contributed by atoms with Crippen molar-refractivity contribution in [1.82, 2.24) is 4.90 Å². The number of halogens is 4. The maximum atomic E-state index is 14.5. The first kappa shape index (κ1) is 25.7. The van der Waals surface area contributed by atoms with E-state index in [0.717, 1.165) is 39.9 Å². The van der Waals surface area contributed by atoms with Crippen LogP contribution in [0.1, 0.15) is 64.8 Å². The monoisotopic (exact) mass is 499 g/mol. The molecule has 0 saturated carbocycles. The molecule has 0 aliphatic carbocycles. The van der Waals surface area contributed by atoms with Gasteiger partial charge in [-0.3, -0.25) is 4.90 Å². The van der Waals surface area contributed by atoms with Gasteiger partial charge in [-0.15, -0.1) is 0 Å². The van der Waals surface area contributed by atoms with Crippen molar-refractivity contribution in [3.63, 3.8) is 0 Å². The van der Waals surface area contributed by atoms with E-state index >= 15 is 0 Å². The Labute approximate surface area is 208 Å². The number of hydrogen-bond donors (Lipinski definition) is 0. The van der Waals surface area contributed by atoms with E-state index in [1.54, 1.807) is 13.0 Å². The van der Waals surface area contributed by atoms with Crippen molar-refractivity contribution in [2.75, 3.05) is 6.54 Å². The highest BCUT2D eigenvalue weighted by atomic mass is 19.4. The molecule has 3 aromatic carbocycles. The molecule has 0 bridgehead atoms. The van der Waals surface area contributed by atoms with Crippen molar-refractivity contribution in [3.8, 4) is 11.1 Å². The summed E-state index contributed by atoms with van der Waals surface area (Å²) < 4.78 is 60.0. The smallest absolute Gasteiger partial charge is 0.416 e. The number of alkyl halides is 3. The molecule has 1 unspecified atom stereocenters. The number of aryl methyl sites for hydroxylation is 3. The van der Waals surface area contributed by atoms with E-state index in [1.165, 1.54) is 11.0 Å². The largest absolute Gasteiger partial charge is 0.439 e. The Kier molecular flexibility index (Phi) is 6.86. The molecule has 1 saturated heterocycles. The van der Waals surface area contributed by atoms with Gasteiger partial charge in [0.05, 0.1) is 12.1 Å². The molecule has 0 spiro atoms. The summed E-state index contributed by atoms with van der Waals surface area (Å²) in [6, 6.07) is 13.0. The number of nitrogens with zero attached hydrogens (tertiary/aromatic N) is 1. The second-order valence-electron chi connectivity index (χ2n) is 9.89. The molecule has 0 aromatic heterocycles. The quantitative estimate of drug-likeness (QED) is 0.331. The van der Waals surface area contributed by atoms with Gasteiger partial charge in [0.25, 0.3) is 0 Å². The van der Waals surface area contributed by atoms with Crippen LogP contribution in [0.3, 0.4) is 0 Å². The standard InChI is InChI=1S/C29H29F4NO2/c1-16(2)24-13-25(19(5)11-26(24)30)23-7-6-17(3)8-21(23)14-34-15-27(36-28(34)35)20-9-18(4)10-22(12-20)29(31,32)33/h6-13,16,27H,14-15H2,1-5H3. The molecule has 0 N–H and O–H groups in total. The lowest BCUT2D eigenvalue weighted by molar-refractivity contribution is -0.137. The summed E-state index contributed by atoms with van der Waals surface area (Å²) >= 11 is 0. The number of rotatable bonds is 5. The van der Waals surface area contributed by atoms with E-state index in [-0.39, 0.29) is 24.8 Å². The second kappa shape index (κ2) is 9.60. The molecule has 1 aliphatic rings. The van der Waals surface area contributed by atoms with Gasteiger partial charge in [-0.2, -0.15) is 13.2 Å². The van der Waals surface area contributed by atoms with Crippen LogP contribution in [0.2, 0.25) is 0 Å². The molecule has 7 heteroatoms. The summed E-state index contributed by atoms with van der Waals surface area (Å²) in [5, 5.41) is 0. The zero-order valence-electron chi connectivity index (χ0n) is 21.0. The molecule has 190 valence electrons. The first-order valence-electron chi connectivity index (χ1n) is 11.9. The minimum Gasteiger partial charge on any atom is -0.439 e. The molecule has 3 aromatic rings. The number of hydrogen-bond acceptors (Lipinski definition) is 2. The van der Waals surface area contributed by atoms with E-state index in [9.17, 15) is 22.4 Å². The summed E-state index contributed by atoms with van der Waals surface area (Å²) in [5.41, 5.74) is 5.01. The predicted molar refractivity (Wildman–Crippen MR) is 131 cm³/mol. The third-order valence-electron chi connectivity index (χ3n) is 6.56. The van der Waals surface area contributed by atoms with E-state index in [0.29, 0.717) is 16.7 Å². The third-order valence-corrected chi connectivity index (χ3v) is 6.56. The lowest BCUT2D eigenvalue weighted by atomic mass is 9.90. The molecular weight excluding hydrogens is 470 g/mol. The molecular formula is C29H29F4NO2. The molecule has 1 fully saturated rings. The SMILES string of the molecule is Cc1cc(C2CN(Cc3cc(C)ccc3-c3cc(C(C)C)c(F)cc3C)C(=O)O2)cc(C(F)(F)F)c1. The average Bonchev–Trinajstić information content (AvgIpc) is 3.13. The highest BCUT2D eigenvalue weighted by molar-refractivity contribution is 5.74. The molecule has 0 radical (unpaired) electrons. The van der Waals surface area contributed by atoms with Crippen molar-refractivity contribution in [3.05, 3.63) is 93.3 Å². The number of ether oxygens (including phenoxy) is 1. The minimum absolute atomic E-state index is 0.00323. The predicted octanol–water partition coefficient (Wildman–Crippen LogP) is 8.25. The van der Waals surface area contributed by atoms with Crippen LogP contribution in [0.4, 0.5) is 22.4 Å². The van der Waals surface area contributed by atoms with Crippen molar-refractivity contribution in [2.24, 2.45) is 0 Å². The Balaban J connectivity index is 1.66. The Morgan fingerprint density at radius 3 is 2.36 bits per heavy atom. The average molecular weight is 500 g/mol. The summed E-state index contributed by atoms with van der Waals surface area (Å²) in [7, 11) is 0. The number of carbonyl (C=O) groups is 1. The van der Waals surface area contributed by atoms with E-state index in [4.69, 9.17) is 4.74 Å². The Bertz CT molecular complexity index is 1310. The van der Waals surface area contributed by atoms with Gasteiger partial charge >= 0.3 is 12.3 Å². The highest BCUT2D eigenvalue weighted by Crippen LogP contribution is 2.37. The first-order chi connectivity index (χ1) is 16.8. The number of benzene rings is 3. The molecule has 1 aliphatic heterocycles. The van der Waals surface area contributed by atoms with Gasteiger partial charge in [-0.05, 0) is 84.3 Å². The number of cyclic esters (lactones) is 1. The van der Waals surface area contributed by atoms with Crippen LogP contribution in [-0.4, -0.2) is 17.5 Å². The van der Waals surface area contributed by atoms with Crippen molar-refractivity contribution in [1.29, 1.82) is 0 Å². The zero-order chi connectivity index (χ0) is 26.4. The second-order valence-corrected chi connectivity index (χ2v) is 9.89. The van der Waals surface area contributed by atoms with Crippen LogP contribution in [0.15, 0.2) is 48.5 Å². The molecule has 3 nitrogen and oxygen atoms in total. The minimum atomic E-state index is -4.48. The maximum absolute atomic E-state index is 14.5. The van der Waals surface area contributed by atoms with Gasteiger partial charge in [0.2, 0.25) is 0 Å². The van der Waals surface area contributed by atoms with E-state index in [1.807, 2.05) is 52.0 Å². The Hall–Kier alpha value is -3.35. The third kappa shape index (κ3) is 5.25. The van der Waals surface area contributed by atoms with Gasteiger partial charge in [-0.1, -0.05) is 49.2 Å². The van der Waals surface area contributed by atoms with E-state index in [2.05, 4.69) is 0 Å². The fourth-order valence-electron chi connectivity index (χ4n) is 4.72. The molecule has 1 atom stereocenters. The highest BCUT2D eigenvalue weighted by Gasteiger charge is 2.36. The number of amides is 1. The maximum Gasteiger partial charge on any atom is 0.416 e. The van der Waals surface area contributed by atoms with Crippen LogP contribution >= 0.6 is 0 Å². The topological polar surface area (TPSA) is 29.5 Å². The van der Waals surface area contributed by atoms with Gasteiger partial charge in [0.15, 0.2) is 0 Å². The van der Waals surface area contributed by atoms with Crippen LogP contribution in [0, 0.1) is 26.6 Å². The van der Waals surface area contributed by atoms with Gasteiger partial charge in [0, 0.05) is 6.54 Å². The zero-order valence-corrected chi connectivity index (χ0v) is 21.0. The molecule has 1 amide bonds. The van der Waals surface area contributed by atoms with Crippen LogP contribution in [0.5, 0.6) is 0 Å². The van der Waals surface area contributed by atoms with E-state index < -0.39 is 23.9 Å². The van der Waals surface area contributed by atoms with Crippen molar-refractivity contribution in [2.45, 2.75) is 59.4 Å².